The van der Waals surface area contributed by atoms with E-state index in [1.807, 2.05) is 18.2 Å². The number of hydrogen-bond acceptors (Lipinski definition) is 5. The zero-order valence-corrected chi connectivity index (χ0v) is 17.6. The van der Waals surface area contributed by atoms with E-state index in [0.717, 1.165) is 42.9 Å². The minimum Gasteiger partial charge on any atom is -0.342 e. The van der Waals surface area contributed by atoms with Gasteiger partial charge in [0.2, 0.25) is 5.95 Å². The molecule has 1 fully saturated rings. The minimum atomic E-state index is -0.467. The number of aromatic nitrogens is 2. The fourth-order valence-electron chi connectivity index (χ4n) is 4.01. The van der Waals surface area contributed by atoms with Crippen molar-refractivity contribution in [3.63, 3.8) is 0 Å². The molecule has 0 spiro atoms. The monoisotopic (exact) mass is 422 g/mol. The number of benzene rings is 2. The van der Waals surface area contributed by atoms with Crippen LogP contribution in [0.4, 0.5) is 22.1 Å². The van der Waals surface area contributed by atoms with Crippen LogP contribution in [0.2, 0.25) is 0 Å². The number of piperidine rings is 1. The molecule has 1 aromatic heterocycles. The third-order valence-electron chi connectivity index (χ3n) is 5.54. The molecule has 0 bridgehead atoms. The van der Waals surface area contributed by atoms with Crippen molar-refractivity contribution in [3.8, 4) is 0 Å². The lowest BCUT2D eigenvalue weighted by molar-refractivity contribution is -0.384. The van der Waals surface area contributed by atoms with Gasteiger partial charge in [-0.3, -0.25) is 10.1 Å². The van der Waals surface area contributed by atoms with Crippen molar-refractivity contribution in [2.24, 2.45) is 0 Å². The molecule has 2 heterocycles. The Morgan fingerprint density at radius 3 is 2.45 bits per heavy atom. The Kier molecular flexibility index (Phi) is 5.75. The van der Waals surface area contributed by atoms with Gasteiger partial charge in [-0.2, -0.15) is 0 Å². The van der Waals surface area contributed by atoms with Crippen LogP contribution in [0.1, 0.15) is 32.7 Å². The van der Waals surface area contributed by atoms with E-state index in [1.54, 1.807) is 0 Å². The zero-order chi connectivity index (χ0) is 22.0. The highest BCUT2D eigenvalue weighted by Gasteiger charge is 2.25. The molecule has 0 atom stereocenters. The number of nitro groups is 1. The van der Waals surface area contributed by atoms with Crippen LogP contribution >= 0.6 is 0 Å². The van der Waals surface area contributed by atoms with Crippen molar-refractivity contribution < 1.29 is 9.72 Å². The van der Waals surface area contributed by atoms with Crippen molar-refractivity contribution in [1.29, 1.82) is 0 Å². The topological polar surface area (TPSA) is 105 Å². The summed E-state index contributed by atoms with van der Waals surface area (Å²) in [4.78, 5) is 29.7. The Bertz CT molecular complexity index is 1080. The molecule has 0 aliphatic carbocycles. The summed E-state index contributed by atoms with van der Waals surface area (Å²) in [5, 5.41) is 16.5. The highest BCUT2D eigenvalue weighted by atomic mass is 16.6. The van der Waals surface area contributed by atoms with Gasteiger partial charge in [-0.05, 0) is 51.0 Å². The van der Waals surface area contributed by atoms with Crippen LogP contribution in [-0.4, -0.2) is 39.6 Å². The molecule has 9 heteroatoms. The maximum Gasteiger partial charge on any atom is 0.319 e. The summed E-state index contributed by atoms with van der Waals surface area (Å²) in [5.74, 6) is 0.977. The summed E-state index contributed by atoms with van der Waals surface area (Å²) in [6.07, 6.45) is 1.63. The quantitative estimate of drug-likeness (QED) is 0.471. The molecule has 3 aromatic rings. The van der Waals surface area contributed by atoms with Crippen molar-refractivity contribution in [2.75, 3.05) is 23.3 Å². The number of imidazole rings is 1. The van der Waals surface area contributed by atoms with Crippen molar-refractivity contribution in [2.45, 2.75) is 38.8 Å². The maximum absolute atomic E-state index is 12.3. The fraction of sp³-hybridized carbons (Fsp3) is 0.364. The molecule has 1 saturated heterocycles. The van der Waals surface area contributed by atoms with Gasteiger partial charge in [0.15, 0.2) is 0 Å². The summed E-state index contributed by atoms with van der Waals surface area (Å²) < 4.78 is 2.27. The number of nitro benzene ring substituents is 1. The number of amides is 2. The molecule has 2 N–H and O–H groups in total. The lowest BCUT2D eigenvalue weighted by Gasteiger charge is -2.34. The Balaban J connectivity index is 1.36. The third-order valence-corrected chi connectivity index (χ3v) is 5.54. The molecule has 2 amide bonds. The first-order valence-electron chi connectivity index (χ1n) is 10.5. The van der Waals surface area contributed by atoms with Gasteiger partial charge in [0.1, 0.15) is 0 Å². The normalized spacial score (nSPS) is 14.7. The molecule has 2 aromatic carbocycles. The van der Waals surface area contributed by atoms with Gasteiger partial charge < -0.3 is 20.1 Å². The van der Waals surface area contributed by atoms with Gasteiger partial charge in [-0.25, -0.2) is 9.78 Å². The number of fused-ring (bicyclic) bond motifs is 1. The lowest BCUT2D eigenvalue weighted by atomic mass is 10.1. The minimum absolute atomic E-state index is 0.00857. The number of rotatable bonds is 5. The molecule has 31 heavy (non-hydrogen) atoms. The second-order valence-electron chi connectivity index (χ2n) is 8.03. The molecule has 0 saturated carbocycles. The first-order valence-corrected chi connectivity index (χ1v) is 10.5. The van der Waals surface area contributed by atoms with Crippen molar-refractivity contribution >= 4 is 34.4 Å². The number of non-ortho nitro benzene ring substituents is 1. The van der Waals surface area contributed by atoms with E-state index in [2.05, 4.69) is 40.0 Å². The van der Waals surface area contributed by atoms with Gasteiger partial charge in [0, 0.05) is 43.0 Å². The van der Waals surface area contributed by atoms with Crippen molar-refractivity contribution in [3.05, 3.63) is 58.6 Å². The molecule has 1 aliphatic heterocycles. The predicted octanol–water partition coefficient (Wildman–Crippen LogP) is 4.32. The van der Waals surface area contributed by atoms with Crippen LogP contribution in [0.5, 0.6) is 0 Å². The number of carbonyl (C=O) groups is 1. The first kappa shape index (κ1) is 20.6. The van der Waals surface area contributed by atoms with Crippen LogP contribution in [0, 0.1) is 10.1 Å². The van der Waals surface area contributed by atoms with E-state index in [0.29, 0.717) is 11.7 Å². The van der Waals surface area contributed by atoms with Gasteiger partial charge in [-0.1, -0.05) is 12.1 Å². The van der Waals surface area contributed by atoms with Crippen LogP contribution in [0.25, 0.3) is 11.0 Å². The Labute approximate surface area is 180 Å². The van der Waals surface area contributed by atoms with E-state index in [-0.39, 0.29) is 17.8 Å². The summed E-state index contributed by atoms with van der Waals surface area (Å²) in [6.45, 7) is 5.93. The summed E-state index contributed by atoms with van der Waals surface area (Å²) in [7, 11) is 0. The highest BCUT2D eigenvalue weighted by molar-refractivity contribution is 5.89. The zero-order valence-electron chi connectivity index (χ0n) is 17.6. The van der Waals surface area contributed by atoms with Gasteiger partial charge in [0.05, 0.1) is 16.0 Å². The summed E-state index contributed by atoms with van der Waals surface area (Å²) in [5.41, 5.74) is 2.64. The number of hydrogen-bond donors (Lipinski definition) is 2. The smallest absolute Gasteiger partial charge is 0.319 e. The van der Waals surface area contributed by atoms with Crippen LogP contribution in [0.15, 0.2) is 48.5 Å². The Morgan fingerprint density at radius 2 is 1.81 bits per heavy atom. The molecular formula is C22H26N6O3. The molecule has 0 unspecified atom stereocenters. The van der Waals surface area contributed by atoms with Crippen LogP contribution < -0.4 is 15.5 Å². The summed E-state index contributed by atoms with van der Waals surface area (Å²) in [6, 6.07) is 14.0. The molecule has 1 aliphatic rings. The van der Waals surface area contributed by atoms with Gasteiger partial charge >= 0.3 is 6.03 Å². The van der Waals surface area contributed by atoms with E-state index in [1.165, 1.54) is 24.3 Å². The second-order valence-corrected chi connectivity index (χ2v) is 8.03. The average Bonchev–Trinajstić information content (AvgIpc) is 3.14. The number of nitrogens with one attached hydrogen (secondary N) is 2. The van der Waals surface area contributed by atoms with Crippen LogP contribution in [0.3, 0.4) is 0 Å². The number of carbonyl (C=O) groups excluding carboxylic acids is 1. The largest absolute Gasteiger partial charge is 0.342 e. The van der Waals surface area contributed by atoms with Crippen molar-refractivity contribution in [1.82, 2.24) is 14.9 Å². The number of anilines is 2. The maximum atomic E-state index is 12.3. The molecule has 9 nitrogen and oxygen atoms in total. The Morgan fingerprint density at radius 1 is 1.13 bits per heavy atom. The molecular weight excluding hydrogens is 396 g/mol. The van der Waals surface area contributed by atoms with E-state index in [4.69, 9.17) is 4.98 Å². The highest BCUT2D eigenvalue weighted by Crippen LogP contribution is 2.28. The van der Waals surface area contributed by atoms with E-state index < -0.39 is 4.92 Å². The lowest BCUT2D eigenvalue weighted by Crippen LogP contribution is -2.46. The summed E-state index contributed by atoms with van der Waals surface area (Å²) >= 11 is 0. The second kappa shape index (κ2) is 8.63. The number of para-hydroxylation sites is 2. The van der Waals surface area contributed by atoms with E-state index >= 15 is 0 Å². The molecule has 4 rings (SSSR count). The van der Waals surface area contributed by atoms with Gasteiger partial charge in [0.25, 0.3) is 5.69 Å². The van der Waals surface area contributed by atoms with Crippen LogP contribution in [-0.2, 0) is 0 Å². The number of urea groups is 1. The third kappa shape index (κ3) is 4.45. The molecule has 0 radical (unpaired) electrons. The Hall–Kier alpha value is -3.62. The number of nitrogens with zero attached hydrogens (tertiary/aromatic N) is 4. The molecule has 162 valence electrons. The first-order chi connectivity index (χ1) is 14.9. The fourth-order valence-corrected chi connectivity index (χ4v) is 4.01. The van der Waals surface area contributed by atoms with Gasteiger partial charge in [-0.15, -0.1) is 0 Å². The predicted molar refractivity (Wildman–Crippen MR) is 121 cm³/mol. The average molecular weight is 422 g/mol. The SMILES string of the molecule is CC(C)n1c(N2CCC(NC(=O)Nc3ccc([N+](=O)[O-])cc3)CC2)nc2ccccc21. The standard InChI is InChI=1S/C22H26N6O3/c1-15(2)27-20-6-4-3-5-19(20)25-22(27)26-13-11-17(12-14-26)24-21(29)23-16-7-9-18(10-8-16)28(30)31/h3-10,15,17H,11-14H2,1-2H3,(H2,23,24,29). The van der Waals surface area contributed by atoms with E-state index in [9.17, 15) is 14.9 Å².